The molecule has 0 saturated heterocycles. The van der Waals surface area contributed by atoms with E-state index in [0.717, 1.165) is 17.5 Å². The Morgan fingerprint density at radius 1 is 1.03 bits per heavy atom. The minimum atomic E-state index is -0.858. The van der Waals surface area contributed by atoms with Crippen LogP contribution in [-0.2, 0) is 17.6 Å². The van der Waals surface area contributed by atoms with Crippen molar-refractivity contribution in [3.05, 3.63) is 94.0 Å². The molecule has 0 saturated carbocycles. The fraction of sp³-hybridized carbons (Fsp3) is 0.286. The molecule has 5 nitrogen and oxygen atoms in total. The first-order valence-corrected chi connectivity index (χ1v) is 11.8. The molecule has 34 heavy (non-hydrogen) atoms. The molecule has 3 aromatic carbocycles. The first-order valence-electron chi connectivity index (χ1n) is 11.4. The molecule has 6 heteroatoms. The van der Waals surface area contributed by atoms with E-state index in [4.69, 9.17) is 26.2 Å². The number of ketones is 1. The lowest BCUT2D eigenvalue weighted by Gasteiger charge is -2.18. The molecule has 3 rings (SSSR count). The first kappa shape index (κ1) is 25.3. The van der Waals surface area contributed by atoms with Gasteiger partial charge in [0.25, 0.3) is 0 Å². The van der Waals surface area contributed by atoms with Crippen LogP contribution < -0.4 is 9.47 Å². The molecular weight excluding hydrogens is 452 g/mol. The molecule has 0 aliphatic rings. The molecule has 1 N–H and O–H groups in total. The smallest absolute Gasteiger partial charge is 0.303 e. The van der Waals surface area contributed by atoms with Crippen LogP contribution in [0.1, 0.15) is 53.7 Å². The predicted molar refractivity (Wildman–Crippen MR) is 133 cm³/mol. The number of hydrogen-bond acceptors (Lipinski definition) is 4. The minimum absolute atomic E-state index is 0.0305. The molecule has 1 atom stereocenters. The van der Waals surface area contributed by atoms with Crippen LogP contribution in [0, 0.1) is 0 Å². The Bertz CT molecular complexity index is 1130. The van der Waals surface area contributed by atoms with Gasteiger partial charge in [-0.05, 0) is 55.2 Å². The summed E-state index contributed by atoms with van der Waals surface area (Å²) in [4.78, 5) is 23.9. The largest absolute Gasteiger partial charge is 0.493 e. The Hall–Kier alpha value is -3.31. The first-order chi connectivity index (χ1) is 16.4. The molecule has 0 aromatic heterocycles. The molecule has 0 aliphatic heterocycles. The molecule has 0 heterocycles. The number of hydrogen-bond donors (Lipinski definition) is 1. The SMILES string of the molecule is CCc1ccc(O[C@H](C)CCOc2ccc(CCC(=O)O)c(Cl)c2)c(C(=O)c2ccccc2)c1. The maximum Gasteiger partial charge on any atom is 0.303 e. The van der Waals surface area contributed by atoms with Crippen molar-refractivity contribution in [1.29, 1.82) is 0 Å². The highest BCUT2D eigenvalue weighted by atomic mass is 35.5. The second kappa shape index (κ2) is 12.2. The van der Waals surface area contributed by atoms with Crippen LogP contribution in [0.3, 0.4) is 0 Å². The van der Waals surface area contributed by atoms with Crippen molar-refractivity contribution < 1.29 is 24.2 Å². The van der Waals surface area contributed by atoms with E-state index < -0.39 is 5.97 Å². The Morgan fingerprint density at radius 3 is 2.47 bits per heavy atom. The zero-order chi connectivity index (χ0) is 24.5. The normalized spacial score (nSPS) is 11.6. The van der Waals surface area contributed by atoms with E-state index in [1.807, 2.05) is 43.3 Å². The second-order valence-electron chi connectivity index (χ2n) is 8.09. The lowest BCUT2D eigenvalue weighted by molar-refractivity contribution is -0.136. The molecule has 0 spiro atoms. The number of halogens is 1. The van der Waals surface area contributed by atoms with Crippen LogP contribution in [0.25, 0.3) is 0 Å². The molecule has 178 valence electrons. The molecule has 0 amide bonds. The number of ether oxygens (including phenoxy) is 2. The molecular formula is C28H29ClO5. The number of carboxylic acid groups (broad SMARTS) is 1. The number of aryl methyl sites for hydroxylation is 2. The topological polar surface area (TPSA) is 72.8 Å². The van der Waals surface area contributed by atoms with Crippen molar-refractivity contribution in [3.63, 3.8) is 0 Å². The molecule has 0 bridgehead atoms. The van der Waals surface area contributed by atoms with Crippen LogP contribution in [0.4, 0.5) is 0 Å². The molecule has 0 aliphatic carbocycles. The van der Waals surface area contributed by atoms with E-state index >= 15 is 0 Å². The van der Waals surface area contributed by atoms with E-state index in [-0.39, 0.29) is 18.3 Å². The van der Waals surface area contributed by atoms with Gasteiger partial charge in [-0.25, -0.2) is 0 Å². The highest BCUT2D eigenvalue weighted by Crippen LogP contribution is 2.26. The molecule has 3 aromatic rings. The van der Waals surface area contributed by atoms with Crippen molar-refractivity contribution >= 4 is 23.4 Å². The lowest BCUT2D eigenvalue weighted by atomic mass is 9.99. The summed E-state index contributed by atoms with van der Waals surface area (Å²) in [6, 6.07) is 20.2. The summed E-state index contributed by atoms with van der Waals surface area (Å²) >= 11 is 6.25. The zero-order valence-electron chi connectivity index (χ0n) is 19.4. The lowest BCUT2D eigenvalue weighted by Crippen LogP contribution is -2.18. The second-order valence-corrected chi connectivity index (χ2v) is 8.50. The van der Waals surface area contributed by atoms with E-state index in [2.05, 4.69) is 6.92 Å². The monoisotopic (exact) mass is 480 g/mol. The maximum absolute atomic E-state index is 13.1. The summed E-state index contributed by atoms with van der Waals surface area (Å²) in [6.07, 6.45) is 1.66. The predicted octanol–water partition coefficient (Wildman–Crippen LogP) is 6.39. The number of carbonyl (C=O) groups excluding carboxylic acids is 1. The number of rotatable bonds is 12. The fourth-order valence-electron chi connectivity index (χ4n) is 3.50. The van der Waals surface area contributed by atoms with Gasteiger partial charge < -0.3 is 14.6 Å². The van der Waals surface area contributed by atoms with Crippen molar-refractivity contribution in [1.82, 2.24) is 0 Å². The van der Waals surface area contributed by atoms with E-state index in [9.17, 15) is 9.59 Å². The van der Waals surface area contributed by atoms with Gasteiger partial charge in [-0.2, -0.15) is 0 Å². The summed E-state index contributed by atoms with van der Waals surface area (Å²) in [5.41, 5.74) is 3.04. The van der Waals surface area contributed by atoms with Gasteiger partial charge in [0, 0.05) is 23.4 Å². The molecule has 0 radical (unpaired) electrons. The summed E-state index contributed by atoms with van der Waals surface area (Å²) in [6.45, 7) is 4.40. The van der Waals surface area contributed by atoms with Crippen molar-refractivity contribution in [3.8, 4) is 11.5 Å². The highest BCUT2D eigenvalue weighted by molar-refractivity contribution is 6.31. The summed E-state index contributed by atoms with van der Waals surface area (Å²) in [5, 5.41) is 9.32. The van der Waals surface area contributed by atoms with E-state index in [0.29, 0.717) is 47.1 Å². The van der Waals surface area contributed by atoms with E-state index in [1.165, 1.54) is 0 Å². The van der Waals surface area contributed by atoms with Gasteiger partial charge in [0.1, 0.15) is 11.5 Å². The zero-order valence-corrected chi connectivity index (χ0v) is 20.2. The third kappa shape index (κ3) is 7.09. The van der Waals surface area contributed by atoms with Gasteiger partial charge in [-0.15, -0.1) is 0 Å². The van der Waals surface area contributed by atoms with Crippen LogP contribution in [0.15, 0.2) is 66.7 Å². The Labute approximate surface area is 205 Å². The quantitative estimate of drug-likeness (QED) is 0.304. The Morgan fingerprint density at radius 2 is 1.79 bits per heavy atom. The Kier molecular flexibility index (Phi) is 9.11. The minimum Gasteiger partial charge on any atom is -0.493 e. The van der Waals surface area contributed by atoms with Gasteiger partial charge in [0.05, 0.1) is 18.3 Å². The van der Waals surface area contributed by atoms with Crippen LogP contribution >= 0.6 is 11.6 Å². The van der Waals surface area contributed by atoms with Crippen LogP contribution in [0.2, 0.25) is 5.02 Å². The number of benzene rings is 3. The van der Waals surface area contributed by atoms with Gasteiger partial charge in [-0.3, -0.25) is 9.59 Å². The third-order valence-electron chi connectivity index (χ3n) is 5.49. The molecule has 0 fully saturated rings. The van der Waals surface area contributed by atoms with Crippen LogP contribution in [0.5, 0.6) is 11.5 Å². The highest BCUT2D eigenvalue weighted by Gasteiger charge is 2.17. The average Bonchev–Trinajstić information content (AvgIpc) is 2.83. The summed E-state index contributed by atoms with van der Waals surface area (Å²) < 4.78 is 12.0. The third-order valence-corrected chi connectivity index (χ3v) is 5.84. The number of aliphatic carboxylic acids is 1. The molecule has 0 unspecified atom stereocenters. The average molecular weight is 481 g/mol. The van der Waals surface area contributed by atoms with Crippen molar-refractivity contribution in [2.45, 2.75) is 45.6 Å². The number of carboxylic acids is 1. The fourth-order valence-corrected chi connectivity index (χ4v) is 3.77. The van der Waals surface area contributed by atoms with Gasteiger partial charge >= 0.3 is 5.97 Å². The maximum atomic E-state index is 13.1. The summed E-state index contributed by atoms with van der Waals surface area (Å²) in [7, 11) is 0. The van der Waals surface area contributed by atoms with Crippen LogP contribution in [-0.4, -0.2) is 29.6 Å². The Balaban J connectivity index is 1.61. The standard InChI is InChI=1S/C28H29ClO5/c1-3-20-9-13-26(24(17-20)28(32)22-7-5-4-6-8-22)34-19(2)15-16-33-23-12-10-21(25(29)18-23)11-14-27(30)31/h4-10,12-13,17-19H,3,11,14-16H2,1-2H3,(H,30,31)/t19-/m1/s1. The summed E-state index contributed by atoms with van der Waals surface area (Å²) in [5.74, 6) is 0.253. The number of carbonyl (C=O) groups is 2. The van der Waals surface area contributed by atoms with Crippen molar-refractivity contribution in [2.24, 2.45) is 0 Å². The van der Waals surface area contributed by atoms with Gasteiger partial charge in [0.15, 0.2) is 5.78 Å². The van der Waals surface area contributed by atoms with Gasteiger partial charge in [0.2, 0.25) is 0 Å². The van der Waals surface area contributed by atoms with E-state index in [1.54, 1.807) is 30.3 Å². The van der Waals surface area contributed by atoms with Gasteiger partial charge in [-0.1, -0.05) is 61.0 Å². The van der Waals surface area contributed by atoms with Crippen molar-refractivity contribution in [2.75, 3.05) is 6.61 Å².